The van der Waals surface area contributed by atoms with Crippen molar-refractivity contribution in [2.45, 2.75) is 17.1 Å². The second kappa shape index (κ2) is 5.26. The van der Waals surface area contributed by atoms with Gasteiger partial charge < -0.3 is 10.8 Å². The third kappa shape index (κ3) is 2.64. The zero-order valence-electron chi connectivity index (χ0n) is 11.1. The van der Waals surface area contributed by atoms with Gasteiger partial charge in [0.25, 0.3) is 0 Å². The van der Waals surface area contributed by atoms with E-state index in [1.807, 2.05) is 12.1 Å². The predicted octanol–water partition coefficient (Wildman–Crippen LogP) is 2.73. The molecule has 4 nitrogen and oxygen atoms in total. The minimum absolute atomic E-state index is 0.0883. The number of nitrogen functional groups attached to an aromatic ring is 1. The van der Waals surface area contributed by atoms with Crippen molar-refractivity contribution >= 4 is 29.2 Å². The highest BCUT2D eigenvalue weighted by Crippen LogP contribution is 2.35. The van der Waals surface area contributed by atoms with E-state index in [1.54, 1.807) is 36.0 Å². The van der Waals surface area contributed by atoms with Gasteiger partial charge in [-0.1, -0.05) is 12.1 Å². The second-order valence-electron chi connectivity index (χ2n) is 4.94. The largest absolute Gasteiger partial charge is 0.481 e. The van der Waals surface area contributed by atoms with Crippen molar-refractivity contribution in [1.29, 1.82) is 0 Å². The minimum Gasteiger partial charge on any atom is -0.481 e. The van der Waals surface area contributed by atoms with Gasteiger partial charge in [-0.2, -0.15) is 0 Å². The van der Waals surface area contributed by atoms with E-state index in [1.165, 1.54) is 0 Å². The third-order valence-corrected chi connectivity index (χ3v) is 4.53. The molecule has 0 saturated carbocycles. The Morgan fingerprint density at radius 3 is 2.76 bits per heavy atom. The highest BCUT2D eigenvalue weighted by Gasteiger charge is 2.22. The first-order valence-corrected chi connectivity index (χ1v) is 7.44. The van der Waals surface area contributed by atoms with Gasteiger partial charge in [-0.25, -0.2) is 0 Å². The highest BCUT2D eigenvalue weighted by atomic mass is 32.2. The molecule has 5 heteroatoms. The van der Waals surface area contributed by atoms with Crippen LogP contribution < -0.4 is 5.73 Å². The quantitative estimate of drug-likeness (QED) is 0.833. The van der Waals surface area contributed by atoms with Gasteiger partial charge in [-0.05, 0) is 35.4 Å². The fourth-order valence-electron chi connectivity index (χ4n) is 2.40. The maximum atomic E-state index is 12.7. The Labute approximate surface area is 126 Å². The van der Waals surface area contributed by atoms with Gasteiger partial charge >= 0.3 is 5.97 Å². The lowest BCUT2D eigenvalue weighted by Crippen LogP contribution is -2.07. The number of hydrogen-bond donors (Lipinski definition) is 2. The second-order valence-corrected chi connectivity index (χ2v) is 5.95. The third-order valence-electron chi connectivity index (χ3n) is 3.41. The smallest absolute Gasteiger partial charge is 0.307 e. The number of thioether (sulfide) groups is 1. The average Bonchev–Trinajstić information content (AvgIpc) is 2.57. The van der Waals surface area contributed by atoms with Crippen LogP contribution in [0.5, 0.6) is 0 Å². The van der Waals surface area contributed by atoms with Crippen LogP contribution in [0, 0.1) is 0 Å². The Kier molecular flexibility index (Phi) is 3.43. The molecule has 0 bridgehead atoms. The summed E-state index contributed by atoms with van der Waals surface area (Å²) in [6, 6.07) is 10.6. The van der Waals surface area contributed by atoms with Gasteiger partial charge in [0.05, 0.1) is 6.42 Å². The number of ketones is 1. The van der Waals surface area contributed by atoms with Crippen molar-refractivity contribution in [3.05, 3.63) is 58.7 Å². The maximum absolute atomic E-state index is 12.7. The number of nitrogens with two attached hydrogens (primary N) is 1. The normalized spacial score (nSPS) is 13.2. The molecule has 0 radical (unpaired) electrons. The van der Waals surface area contributed by atoms with E-state index in [0.29, 0.717) is 28.1 Å². The summed E-state index contributed by atoms with van der Waals surface area (Å²) in [7, 11) is 0. The zero-order chi connectivity index (χ0) is 15.0. The number of carboxylic acids is 1. The van der Waals surface area contributed by atoms with E-state index in [0.717, 1.165) is 10.5 Å². The van der Waals surface area contributed by atoms with Crippen LogP contribution >= 0.6 is 11.8 Å². The Morgan fingerprint density at radius 1 is 1.19 bits per heavy atom. The summed E-state index contributed by atoms with van der Waals surface area (Å²) >= 11 is 1.58. The van der Waals surface area contributed by atoms with E-state index in [9.17, 15) is 9.59 Å². The Hall–Kier alpha value is -2.27. The van der Waals surface area contributed by atoms with Gasteiger partial charge in [0.15, 0.2) is 5.78 Å². The van der Waals surface area contributed by atoms with Gasteiger partial charge in [-0.15, -0.1) is 11.8 Å². The number of fused-ring (bicyclic) bond motifs is 2. The van der Waals surface area contributed by atoms with Crippen LogP contribution in [0.3, 0.4) is 0 Å². The summed E-state index contributed by atoms with van der Waals surface area (Å²) in [5, 5.41) is 8.88. The van der Waals surface area contributed by atoms with Gasteiger partial charge in [-0.3, -0.25) is 9.59 Å². The number of rotatable bonds is 2. The lowest BCUT2D eigenvalue weighted by atomic mass is 9.97. The van der Waals surface area contributed by atoms with Gasteiger partial charge in [0, 0.05) is 27.5 Å². The maximum Gasteiger partial charge on any atom is 0.307 e. The van der Waals surface area contributed by atoms with Crippen LogP contribution in [0.1, 0.15) is 27.0 Å². The molecule has 1 heterocycles. The minimum atomic E-state index is -0.909. The average molecular weight is 299 g/mol. The fraction of sp³-hybridized carbons (Fsp3) is 0.125. The number of carboxylic acid groups (broad SMARTS) is 1. The number of hydrogen-bond acceptors (Lipinski definition) is 4. The van der Waals surface area contributed by atoms with E-state index in [-0.39, 0.29) is 12.2 Å². The first-order valence-electron chi connectivity index (χ1n) is 6.45. The molecule has 0 saturated heterocycles. The summed E-state index contributed by atoms with van der Waals surface area (Å²) in [6.45, 7) is 0. The molecule has 0 aliphatic carbocycles. The Morgan fingerprint density at radius 2 is 2.00 bits per heavy atom. The van der Waals surface area contributed by atoms with Crippen LogP contribution in [-0.4, -0.2) is 16.9 Å². The lowest BCUT2D eigenvalue weighted by molar-refractivity contribution is -0.136. The van der Waals surface area contributed by atoms with E-state index >= 15 is 0 Å². The fourth-order valence-corrected chi connectivity index (χ4v) is 3.43. The summed E-state index contributed by atoms with van der Waals surface area (Å²) in [4.78, 5) is 24.4. The number of anilines is 1. The van der Waals surface area contributed by atoms with Crippen LogP contribution in [0.15, 0.2) is 41.3 Å². The molecule has 0 aromatic heterocycles. The van der Waals surface area contributed by atoms with Crippen molar-refractivity contribution in [2.75, 3.05) is 5.73 Å². The summed E-state index contributed by atoms with van der Waals surface area (Å²) in [5.41, 5.74) is 9.07. The van der Waals surface area contributed by atoms with Crippen LogP contribution in [0.4, 0.5) is 5.69 Å². The van der Waals surface area contributed by atoms with Crippen LogP contribution in [-0.2, 0) is 17.0 Å². The molecular formula is C16H13NO3S. The Bertz CT molecular complexity index is 755. The molecule has 1 aliphatic heterocycles. The molecule has 2 aromatic rings. The summed E-state index contributed by atoms with van der Waals surface area (Å²) in [6.07, 6.45) is -0.0883. The van der Waals surface area contributed by atoms with Crippen molar-refractivity contribution in [1.82, 2.24) is 0 Å². The van der Waals surface area contributed by atoms with E-state index < -0.39 is 5.97 Å². The number of aliphatic carboxylic acids is 1. The number of carbonyl (C=O) groups excluding carboxylic acids is 1. The number of benzene rings is 2. The van der Waals surface area contributed by atoms with Crippen molar-refractivity contribution in [3.8, 4) is 0 Å². The molecular weight excluding hydrogens is 286 g/mol. The van der Waals surface area contributed by atoms with Gasteiger partial charge in [0.2, 0.25) is 0 Å². The van der Waals surface area contributed by atoms with Crippen molar-refractivity contribution < 1.29 is 14.7 Å². The summed E-state index contributed by atoms with van der Waals surface area (Å²) in [5.74, 6) is -0.301. The van der Waals surface area contributed by atoms with Crippen molar-refractivity contribution in [2.24, 2.45) is 0 Å². The molecule has 21 heavy (non-hydrogen) atoms. The molecule has 1 aliphatic rings. The van der Waals surface area contributed by atoms with Gasteiger partial charge in [0.1, 0.15) is 0 Å². The molecule has 0 amide bonds. The first-order chi connectivity index (χ1) is 10.0. The van der Waals surface area contributed by atoms with E-state index in [4.69, 9.17) is 10.8 Å². The number of carbonyl (C=O) groups is 2. The molecule has 2 aromatic carbocycles. The molecule has 0 fully saturated rings. The molecule has 106 valence electrons. The predicted molar refractivity (Wildman–Crippen MR) is 81.6 cm³/mol. The molecule has 3 N–H and O–H groups in total. The lowest BCUT2D eigenvalue weighted by Gasteiger charge is -2.07. The molecule has 0 unspecified atom stereocenters. The summed E-state index contributed by atoms with van der Waals surface area (Å²) < 4.78 is 0. The zero-order valence-corrected chi connectivity index (χ0v) is 11.9. The molecule has 0 atom stereocenters. The topological polar surface area (TPSA) is 80.4 Å². The highest BCUT2D eigenvalue weighted by molar-refractivity contribution is 7.98. The van der Waals surface area contributed by atoms with E-state index in [2.05, 4.69) is 0 Å². The van der Waals surface area contributed by atoms with Crippen molar-refractivity contribution in [3.63, 3.8) is 0 Å². The molecule has 3 rings (SSSR count). The Balaban J connectivity index is 2.10. The molecule has 0 spiro atoms. The van der Waals surface area contributed by atoms with Crippen LogP contribution in [0.2, 0.25) is 0 Å². The van der Waals surface area contributed by atoms with Crippen LogP contribution in [0.25, 0.3) is 0 Å². The standard InChI is InChI=1S/C16H13NO3S/c17-11-3-2-10-8-21-14-4-1-9(6-15(18)19)5-13(14)16(20)12(10)7-11/h1-5,7H,6,8,17H2,(H,18,19). The first kappa shape index (κ1) is 13.7. The monoisotopic (exact) mass is 299 g/mol. The SMILES string of the molecule is Nc1ccc2c(c1)C(=O)c1cc(CC(=O)O)ccc1SC2.